The summed E-state index contributed by atoms with van der Waals surface area (Å²) in [6.07, 6.45) is 3.05. The lowest BCUT2D eigenvalue weighted by Crippen LogP contribution is -2.14. The van der Waals surface area contributed by atoms with Crippen LogP contribution in [-0.4, -0.2) is 30.7 Å². The van der Waals surface area contributed by atoms with E-state index in [-0.39, 0.29) is 21.5 Å². The quantitative estimate of drug-likeness (QED) is 0.230. The zero-order valence-corrected chi connectivity index (χ0v) is 22.2. The molecular weight excluding hydrogens is 518 g/mol. The van der Waals surface area contributed by atoms with Crippen LogP contribution in [0.5, 0.6) is 11.5 Å². The molecule has 0 bridgehead atoms. The lowest BCUT2D eigenvalue weighted by atomic mass is 10.2. The third-order valence-electron chi connectivity index (χ3n) is 5.69. The normalized spacial score (nSPS) is 12.2. The van der Waals surface area contributed by atoms with E-state index in [9.17, 15) is 13.0 Å². The van der Waals surface area contributed by atoms with Gasteiger partial charge >= 0.3 is 0 Å². The second-order valence-electron chi connectivity index (χ2n) is 8.72. The highest BCUT2D eigenvalue weighted by atomic mass is 32.2. The molecule has 2 aromatic heterocycles. The van der Waals surface area contributed by atoms with Gasteiger partial charge in [0, 0.05) is 34.8 Å². The van der Waals surface area contributed by atoms with Gasteiger partial charge in [0.15, 0.2) is 11.6 Å². The molecule has 36 heavy (non-hydrogen) atoms. The largest absolute Gasteiger partial charge is 0.453 e. The molecule has 0 saturated heterocycles. The minimum Gasteiger partial charge on any atom is -0.453 e. The summed E-state index contributed by atoms with van der Waals surface area (Å²) in [4.78, 5) is 4.36. The van der Waals surface area contributed by atoms with E-state index in [1.807, 2.05) is 18.4 Å². The van der Waals surface area contributed by atoms with Crippen molar-refractivity contribution in [3.63, 3.8) is 0 Å². The van der Waals surface area contributed by atoms with E-state index in [0.29, 0.717) is 11.1 Å². The molecule has 0 saturated carbocycles. The average molecular weight is 541 g/mol. The van der Waals surface area contributed by atoms with E-state index in [4.69, 9.17) is 4.74 Å². The summed E-state index contributed by atoms with van der Waals surface area (Å²) in [5, 5.41) is 3.14. The lowest BCUT2D eigenvalue weighted by molar-refractivity contribution is 0.446. The van der Waals surface area contributed by atoms with E-state index >= 15 is 4.39 Å². The Bertz CT molecular complexity index is 1740. The maximum Gasteiger partial charge on any atom is 0.268 e. The molecule has 0 aliphatic heterocycles. The van der Waals surface area contributed by atoms with Crippen LogP contribution in [0, 0.1) is 12.7 Å². The molecule has 3 aromatic carbocycles. The third kappa shape index (κ3) is 4.39. The van der Waals surface area contributed by atoms with Crippen molar-refractivity contribution in [2.75, 3.05) is 13.3 Å². The highest BCUT2D eigenvalue weighted by Crippen LogP contribution is 2.45. The van der Waals surface area contributed by atoms with Crippen LogP contribution < -0.4 is 10.0 Å². The summed E-state index contributed by atoms with van der Waals surface area (Å²) in [5.41, 5.74) is 1.81. The van der Waals surface area contributed by atoms with Crippen molar-refractivity contribution in [1.82, 2.24) is 8.96 Å². The van der Waals surface area contributed by atoms with Crippen molar-refractivity contribution in [3.05, 3.63) is 89.8 Å². The first-order chi connectivity index (χ1) is 17.1. The second-order valence-corrected chi connectivity index (χ2v) is 14.6. The molecule has 10 heteroatoms. The van der Waals surface area contributed by atoms with Gasteiger partial charge in [-0.05, 0) is 50.6 Å². The number of hydrogen-bond donors (Lipinski definition) is 0. The number of aromatic nitrogens is 2. The predicted octanol–water partition coefficient (Wildman–Crippen LogP) is 6.49. The molecule has 0 N–H and O–H groups in total. The predicted molar refractivity (Wildman–Crippen MR) is 142 cm³/mol. The first-order valence-electron chi connectivity index (χ1n) is 10.9. The van der Waals surface area contributed by atoms with Gasteiger partial charge in [0.2, 0.25) is 0 Å². The Balaban J connectivity index is 1.66. The van der Waals surface area contributed by atoms with Gasteiger partial charge in [-0.3, -0.25) is 0 Å². The Morgan fingerprint density at radius 3 is 2.47 bits per heavy atom. The molecule has 0 spiro atoms. The van der Waals surface area contributed by atoms with E-state index in [0.717, 1.165) is 26.2 Å². The smallest absolute Gasteiger partial charge is 0.268 e. The Hall–Kier alpha value is -3.26. The van der Waals surface area contributed by atoms with E-state index in [1.54, 1.807) is 36.5 Å². The SMILES string of the molecule is Cc1ccc(S(=O)(=O)n2ccc3c(P(C)(C)=O)c(Oc4cccc(-c5nccs5)c4)c(F)cc32)cc1. The fourth-order valence-electron chi connectivity index (χ4n) is 4.03. The number of halogens is 1. The summed E-state index contributed by atoms with van der Waals surface area (Å²) in [6, 6.07) is 16.1. The molecule has 5 aromatic rings. The Morgan fingerprint density at radius 1 is 1.06 bits per heavy atom. The molecule has 0 radical (unpaired) electrons. The van der Waals surface area contributed by atoms with Crippen molar-refractivity contribution in [2.45, 2.75) is 11.8 Å². The summed E-state index contributed by atoms with van der Waals surface area (Å²) in [7, 11) is -7.13. The van der Waals surface area contributed by atoms with Crippen molar-refractivity contribution >= 4 is 44.7 Å². The van der Waals surface area contributed by atoms with Crippen LogP contribution in [0.2, 0.25) is 0 Å². The van der Waals surface area contributed by atoms with E-state index in [2.05, 4.69) is 4.98 Å². The molecule has 0 aliphatic rings. The number of thiazole rings is 1. The Kier molecular flexibility index (Phi) is 6.11. The maximum absolute atomic E-state index is 15.6. The monoisotopic (exact) mass is 540 g/mol. The van der Waals surface area contributed by atoms with Gasteiger partial charge in [0.25, 0.3) is 10.0 Å². The van der Waals surface area contributed by atoms with Crippen molar-refractivity contribution in [2.24, 2.45) is 0 Å². The molecule has 0 atom stereocenters. The molecule has 184 valence electrons. The minimum absolute atomic E-state index is 0.0723. The minimum atomic E-state index is -4.01. The molecule has 0 amide bonds. The topological polar surface area (TPSA) is 78.3 Å². The number of fused-ring (bicyclic) bond motifs is 1. The first-order valence-corrected chi connectivity index (χ1v) is 15.9. The van der Waals surface area contributed by atoms with Crippen molar-refractivity contribution in [1.29, 1.82) is 0 Å². The summed E-state index contributed by atoms with van der Waals surface area (Å²) >= 11 is 1.46. The van der Waals surface area contributed by atoms with Gasteiger partial charge < -0.3 is 9.30 Å². The molecule has 0 unspecified atom stereocenters. The number of rotatable bonds is 6. The average Bonchev–Trinajstić information content (AvgIpc) is 3.50. The van der Waals surface area contributed by atoms with Crippen LogP contribution in [-0.2, 0) is 14.6 Å². The molecule has 5 rings (SSSR count). The van der Waals surface area contributed by atoms with Crippen LogP contribution >= 0.6 is 18.5 Å². The van der Waals surface area contributed by atoms with Gasteiger partial charge in [0.05, 0.1) is 15.7 Å². The standard InChI is InChI=1S/C26H22FN2O4PS2/c1-17-7-9-20(10-8-17)36(31,32)29-13-11-21-23(29)16-22(27)24(25(21)34(2,3)30)33-19-6-4-5-18(15-19)26-28-12-14-35-26/h4-16H,1-3H3. The van der Waals surface area contributed by atoms with Crippen LogP contribution in [0.1, 0.15) is 5.56 Å². The fraction of sp³-hybridized carbons (Fsp3) is 0.115. The second kappa shape index (κ2) is 9.00. The molecule has 6 nitrogen and oxygen atoms in total. The summed E-state index contributed by atoms with van der Waals surface area (Å²) < 4.78 is 62.7. The highest BCUT2D eigenvalue weighted by molar-refractivity contribution is 7.90. The van der Waals surface area contributed by atoms with Gasteiger partial charge in [0.1, 0.15) is 17.9 Å². The number of aryl methyl sites for hydroxylation is 1. The first kappa shape index (κ1) is 24.4. The molecule has 0 aliphatic carbocycles. The summed E-state index contributed by atoms with van der Waals surface area (Å²) in [5.74, 6) is -0.639. The van der Waals surface area contributed by atoms with Crippen LogP contribution in [0.25, 0.3) is 21.5 Å². The fourth-order valence-corrected chi connectivity index (χ4v) is 7.42. The van der Waals surface area contributed by atoms with Gasteiger partial charge in [-0.15, -0.1) is 11.3 Å². The van der Waals surface area contributed by atoms with Crippen LogP contribution in [0.15, 0.2) is 83.3 Å². The number of nitrogens with zero attached hydrogens (tertiary/aromatic N) is 2. The van der Waals surface area contributed by atoms with Gasteiger partial charge in [-0.1, -0.05) is 29.8 Å². The molecule has 2 heterocycles. The molecule has 0 fully saturated rings. The zero-order chi connectivity index (χ0) is 25.7. The van der Waals surface area contributed by atoms with Crippen LogP contribution in [0.4, 0.5) is 4.39 Å². The Labute approximate surface area is 212 Å². The number of benzene rings is 3. The summed E-state index contributed by atoms with van der Waals surface area (Å²) in [6.45, 7) is 4.87. The van der Waals surface area contributed by atoms with Crippen LogP contribution in [0.3, 0.4) is 0 Å². The van der Waals surface area contributed by atoms with Gasteiger partial charge in [-0.2, -0.15) is 0 Å². The van der Waals surface area contributed by atoms with E-state index < -0.39 is 23.0 Å². The number of hydrogen-bond acceptors (Lipinski definition) is 6. The molecular formula is C26H22FN2O4PS2. The zero-order valence-electron chi connectivity index (χ0n) is 19.7. The lowest BCUT2D eigenvalue weighted by Gasteiger charge is -2.18. The van der Waals surface area contributed by atoms with Crippen molar-refractivity contribution < 1.29 is 22.1 Å². The maximum atomic E-state index is 15.6. The third-order valence-corrected chi connectivity index (χ3v) is 9.74. The van der Waals surface area contributed by atoms with E-state index in [1.165, 1.54) is 49.1 Å². The van der Waals surface area contributed by atoms with Gasteiger partial charge in [-0.25, -0.2) is 21.8 Å². The highest BCUT2D eigenvalue weighted by Gasteiger charge is 2.29. The van der Waals surface area contributed by atoms with Crippen molar-refractivity contribution in [3.8, 4) is 22.1 Å². The Morgan fingerprint density at radius 2 is 1.81 bits per heavy atom. The number of ether oxygens (including phenoxy) is 1.